The van der Waals surface area contributed by atoms with Crippen molar-refractivity contribution in [3.05, 3.63) is 34.6 Å². The molecule has 0 aromatic heterocycles. The lowest BCUT2D eigenvalue weighted by Gasteiger charge is -2.12. The number of benzene rings is 1. The maximum Gasteiger partial charge on any atom is 0.125 e. The molecule has 84 valence electrons. The smallest absolute Gasteiger partial charge is 0.125 e. The van der Waals surface area contributed by atoms with Gasteiger partial charge in [-0.3, -0.25) is 0 Å². The van der Waals surface area contributed by atoms with Gasteiger partial charge in [0, 0.05) is 5.02 Å². The van der Waals surface area contributed by atoms with E-state index in [1.54, 1.807) is 6.07 Å². The highest BCUT2D eigenvalue weighted by molar-refractivity contribution is 6.30. The molecule has 0 aliphatic rings. The predicted molar refractivity (Wildman–Crippen MR) is 60.4 cm³/mol. The summed E-state index contributed by atoms with van der Waals surface area (Å²) in [6, 6.07) is 4.17. The molecule has 0 radical (unpaired) electrons. The highest BCUT2D eigenvalue weighted by Gasteiger charge is 2.10. The second-order valence-electron chi connectivity index (χ2n) is 4.19. The van der Waals surface area contributed by atoms with Crippen molar-refractivity contribution in [1.82, 2.24) is 0 Å². The molecule has 15 heavy (non-hydrogen) atoms. The first-order chi connectivity index (χ1) is 6.99. The van der Waals surface area contributed by atoms with Crippen LogP contribution in [0.15, 0.2) is 18.2 Å². The summed E-state index contributed by atoms with van der Waals surface area (Å²) in [6.07, 6.45) is 0.924. The summed E-state index contributed by atoms with van der Waals surface area (Å²) in [6.45, 7) is 4.18. The Balaban J connectivity index is 2.68. The minimum atomic E-state index is -0.624. The molecule has 1 atom stereocenters. The predicted octanol–water partition coefficient (Wildman–Crippen LogP) is 3.95. The SMILES string of the molecule is CC(C)CCC(O)c1cc(F)cc(Cl)c1. The van der Waals surface area contributed by atoms with E-state index >= 15 is 0 Å². The van der Waals surface area contributed by atoms with Crippen LogP contribution in [0.5, 0.6) is 0 Å². The van der Waals surface area contributed by atoms with Crippen LogP contribution in [0.25, 0.3) is 0 Å². The molecule has 0 amide bonds. The first-order valence-corrected chi connectivity index (χ1v) is 5.51. The molecule has 0 saturated carbocycles. The third-order valence-electron chi connectivity index (χ3n) is 2.29. The lowest BCUT2D eigenvalue weighted by molar-refractivity contribution is 0.159. The van der Waals surface area contributed by atoms with Crippen molar-refractivity contribution in [2.24, 2.45) is 5.92 Å². The van der Waals surface area contributed by atoms with E-state index in [4.69, 9.17) is 11.6 Å². The van der Waals surface area contributed by atoms with Crippen molar-refractivity contribution in [3.63, 3.8) is 0 Å². The van der Waals surface area contributed by atoms with Gasteiger partial charge in [0.25, 0.3) is 0 Å². The molecule has 3 heteroatoms. The number of halogens is 2. The van der Waals surface area contributed by atoms with Gasteiger partial charge in [-0.15, -0.1) is 0 Å². The molecule has 1 nitrogen and oxygen atoms in total. The van der Waals surface area contributed by atoms with E-state index in [1.165, 1.54) is 12.1 Å². The molecule has 0 bridgehead atoms. The number of aliphatic hydroxyl groups is 1. The average molecular weight is 231 g/mol. The van der Waals surface area contributed by atoms with Crippen molar-refractivity contribution in [1.29, 1.82) is 0 Å². The number of hydrogen-bond donors (Lipinski definition) is 1. The zero-order chi connectivity index (χ0) is 11.4. The maximum atomic E-state index is 13.0. The first kappa shape index (κ1) is 12.5. The van der Waals surface area contributed by atoms with Crippen molar-refractivity contribution >= 4 is 11.6 Å². The standard InChI is InChI=1S/C12H16ClFO/c1-8(2)3-4-12(15)9-5-10(13)7-11(14)6-9/h5-8,12,15H,3-4H2,1-2H3. The van der Waals surface area contributed by atoms with Gasteiger partial charge in [-0.1, -0.05) is 25.4 Å². The molecule has 1 unspecified atom stereocenters. The Kier molecular flexibility index (Phi) is 4.55. The first-order valence-electron chi connectivity index (χ1n) is 5.13. The Bertz CT molecular complexity index is 305. The maximum absolute atomic E-state index is 13.0. The highest BCUT2D eigenvalue weighted by Crippen LogP contribution is 2.24. The molecule has 0 spiro atoms. The summed E-state index contributed by atoms with van der Waals surface area (Å²) in [7, 11) is 0. The lowest BCUT2D eigenvalue weighted by Crippen LogP contribution is -2.00. The van der Waals surface area contributed by atoms with Crippen LogP contribution in [0.1, 0.15) is 38.4 Å². The number of rotatable bonds is 4. The number of hydrogen-bond acceptors (Lipinski definition) is 1. The van der Waals surface area contributed by atoms with Crippen LogP contribution in [0.2, 0.25) is 5.02 Å². The average Bonchev–Trinajstić information content (AvgIpc) is 2.12. The van der Waals surface area contributed by atoms with Gasteiger partial charge in [-0.2, -0.15) is 0 Å². The fourth-order valence-electron chi connectivity index (χ4n) is 1.43. The van der Waals surface area contributed by atoms with E-state index in [1.807, 2.05) is 0 Å². The van der Waals surface area contributed by atoms with Crippen LogP contribution in [0, 0.1) is 11.7 Å². The molecular formula is C12H16ClFO. The second kappa shape index (κ2) is 5.47. The topological polar surface area (TPSA) is 20.2 Å². The number of aliphatic hydroxyl groups excluding tert-OH is 1. The van der Waals surface area contributed by atoms with Crippen molar-refractivity contribution in [2.45, 2.75) is 32.8 Å². The molecule has 0 aliphatic carbocycles. The minimum Gasteiger partial charge on any atom is -0.388 e. The van der Waals surface area contributed by atoms with E-state index in [-0.39, 0.29) is 0 Å². The Morgan fingerprint density at radius 2 is 1.93 bits per heavy atom. The third-order valence-corrected chi connectivity index (χ3v) is 2.51. The summed E-state index contributed by atoms with van der Waals surface area (Å²) >= 11 is 5.71. The van der Waals surface area contributed by atoms with Crippen LogP contribution in [-0.4, -0.2) is 5.11 Å². The minimum absolute atomic E-state index is 0.327. The van der Waals surface area contributed by atoms with Gasteiger partial charge in [0.2, 0.25) is 0 Å². The molecule has 1 aromatic carbocycles. The second-order valence-corrected chi connectivity index (χ2v) is 4.63. The van der Waals surface area contributed by atoms with Crippen LogP contribution < -0.4 is 0 Å². The monoisotopic (exact) mass is 230 g/mol. The van der Waals surface area contributed by atoms with Gasteiger partial charge in [0.1, 0.15) is 5.82 Å². The van der Waals surface area contributed by atoms with Gasteiger partial charge in [-0.05, 0) is 42.5 Å². The Morgan fingerprint density at radius 1 is 1.27 bits per heavy atom. The summed E-state index contributed by atoms with van der Waals surface area (Å²) in [4.78, 5) is 0. The van der Waals surface area contributed by atoms with E-state index in [0.717, 1.165) is 6.42 Å². The molecular weight excluding hydrogens is 215 g/mol. The highest BCUT2D eigenvalue weighted by atomic mass is 35.5. The van der Waals surface area contributed by atoms with E-state index in [2.05, 4.69) is 13.8 Å². The Morgan fingerprint density at radius 3 is 2.47 bits per heavy atom. The summed E-state index contributed by atoms with van der Waals surface area (Å²) < 4.78 is 13.0. The zero-order valence-electron chi connectivity index (χ0n) is 9.00. The van der Waals surface area contributed by atoms with E-state index in [0.29, 0.717) is 22.9 Å². The molecule has 0 aliphatic heterocycles. The largest absolute Gasteiger partial charge is 0.388 e. The molecule has 0 saturated heterocycles. The quantitative estimate of drug-likeness (QED) is 0.831. The summed E-state index contributed by atoms with van der Waals surface area (Å²) in [5.74, 6) is 0.129. The van der Waals surface area contributed by atoms with Crippen molar-refractivity contribution < 1.29 is 9.50 Å². The lowest BCUT2D eigenvalue weighted by atomic mass is 10.00. The van der Waals surface area contributed by atoms with Gasteiger partial charge in [-0.25, -0.2) is 4.39 Å². The van der Waals surface area contributed by atoms with Crippen LogP contribution >= 0.6 is 11.6 Å². The van der Waals surface area contributed by atoms with Crippen molar-refractivity contribution in [2.75, 3.05) is 0 Å². The van der Waals surface area contributed by atoms with Crippen LogP contribution in [0.3, 0.4) is 0 Å². The summed E-state index contributed by atoms with van der Waals surface area (Å²) in [5, 5.41) is 10.1. The molecule has 1 aromatic rings. The Labute approximate surface area is 94.9 Å². The van der Waals surface area contributed by atoms with Gasteiger partial charge >= 0.3 is 0 Å². The van der Waals surface area contributed by atoms with Crippen molar-refractivity contribution in [3.8, 4) is 0 Å². The van der Waals surface area contributed by atoms with Gasteiger partial charge in [0.05, 0.1) is 6.10 Å². The van der Waals surface area contributed by atoms with Gasteiger partial charge in [0.15, 0.2) is 0 Å². The molecule has 1 rings (SSSR count). The third kappa shape index (κ3) is 4.18. The van der Waals surface area contributed by atoms with Crippen LogP contribution in [-0.2, 0) is 0 Å². The van der Waals surface area contributed by atoms with E-state index < -0.39 is 11.9 Å². The summed E-state index contributed by atoms with van der Waals surface area (Å²) in [5.41, 5.74) is 0.556. The molecule has 0 heterocycles. The molecule has 1 N–H and O–H groups in total. The Hall–Kier alpha value is -0.600. The zero-order valence-corrected chi connectivity index (χ0v) is 9.76. The van der Waals surface area contributed by atoms with E-state index in [9.17, 15) is 9.50 Å². The van der Waals surface area contributed by atoms with Gasteiger partial charge < -0.3 is 5.11 Å². The fraction of sp³-hybridized carbons (Fsp3) is 0.500. The fourth-order valence-corrected chi connectivity index (χ4v) is 1.66. The van der Waals surface area contributed by atoms with Crippen LogP contribution in [0.4, 0.5) is 4.39 Å². The normalized spacial score (nSPS) is 13.2. The molecule has 0 fully saturated rings.